The second kappa shape index (κ2) is 5.96. The molecule has 0 saturated heterocycles. The van der Waals surface area contributed by atoms with Gasteiger partial charge < -0.3 is 5.32 Å². The third-order valence-electron chi connectivity index (χ3n) is 4.05. The zero-order valence-corrected chi connectivity index (χ0v) is 13.1. The second-order valence-electron chi connectivity index (χ2n) is 5.91. The summed E-state index contributed by atoms with van der Waals surface area (Å²) >= 11 is 3.24. The van der Waals surface area contributed by atoms with Crippen LogP contribution in [-0.2, 0) is 6.18 Å². The lowest BCUT2D eigenvalue weighted by Gasteiger charge is -2.34. The van der Waals surface area contributed by atoms with Crippen LogP contribution in [0.2, 0.25) is 0 Å². The number of halogens is 4. The van der Waals surface area contributed by atoms with Gasteiger partial charge in [-0.05, 0) is 36.5 Å². The van der Waals surface area contributed by atoms with E-state index in [1.165, 1.54) is 31.4 Å². The van der Waals surface area contributed by atoms with Gasteiger partial charge in [-0.15, -0.1) is 0 Å². The molecule has 0 heterocycles. The van der Waals surface area contributed by atoms with E-state index in [2.05, 4.69) is 28.2 Å². The van der Waals surface area contributed by atoms with Crippen LogP contribution < -0.4 is 5.32 Å². The summed E-state index contributed by atoms with van der Waals surface area (Å²) in [5.41, 5.74) is -0.331. The predicted octanol–water partition coefficient (Wildman–Crippen LogP) is 5.85. The number of nitrogens with one attached hydrogen (secondary N) is 1. The Morgan fingerprint density at radius 2 is 1.85 bits per heavy atom. The predicted molar refractivity (Wildman–Crippen MR) is 78.8 cm³/mol. The topological polar surface area (TPSA) is 12.0 Å². The van der Waals surface area contributed by atoms with E-state index < -0.39 is 11.7 Å². The van der Waals surface area contributed by atoms with Crippen molar-refractivity contribution in [2.24, 2.45) is 5.41 Å². The summed E-state index contributed by atoms with van der Waals surface area (Å²) in [5, 5.41) is 3.02. The van der Waals surface area contributed by atoms with Gasteiger partial charge in [-0.25, -0.2) is 0 Å². The molecule has 0 unspecified atom stereocenters. The molecule has 1 N–H and O–H groups in total. The van der Waals surface area contributed by atoms with Gasteiger partial charge in [0.1, 0.15) is 0 Å². The molecular weight excluding hydrogens is 331 g/mol. The quantitative estimate of drug-likeness (QED) is 0.721. The first-order valence-electron chi connectivity index (χ1n) is 6.91. The third kappa shape index (κ3) is 3.90. The highest BCUT2D eigenvalue weighted by Crippen LogP contribution is 2.39. The molecule has 1 fully saturated rings. The van der Waals surface area contributed by atoms with Crippen LogP contribution in [0.3, 0.4) is 0 Å². The first-order valence-corrected chi connectivity index (χ1v) is 7.70. The first kappa shape index (κ1) is 15.7. The van der Waals surface area contributed by atoms with Crippen molar-refractivity contribution >= 4 is 21.6 Å². The summed E-state index contributed by atoms with van der Waals surface area (Å²) in [5.74, 6) is 0. The highest BCUT2D eigenvalue weighted by Gasteiger charge is 2.34. The van der Waals surface area contributed by atoms with Gasteiger partial charge in [0.25, 0.3) is 0 Å². The molecule has 1 aliphatic carbocycles. The van der Waals surface area contributed by atoms with Gasteiger partial charge in [0, 0.05) is 16.7 Å². The number of alkyl halides is 3. The zero-order chi connectivity index (χ0) is 14.8. The van der Waals surface area contributed by atoms with Crippen molar-refractivity contribution in [2.45, 2.75) is 45.2 Å². The molecule has 20 heavy (non-hydrogen) atoms. The molecule has 5 heteroatoms. The summed E-state index contributed by atoms with van der Waals surface area (Å²) < 4.78 is 39.6. The normalized spacial score (nSPS) is 18.9. The molecule has 1 nitrogen and oxygen atoms in total. The molecule has 1 saturated carbocycles. The summed E-state index contributed by atoms with van der Waals surface area (Å²) in [4.78, 5) is 0. The molecule has 112 valence electrons. The minimum Gasteiger partial charge on any atom is -0.384 e. The number of anilines is 1. The third-order valence-corrected chi connectivity index (χ3v) is 4.55. The van der Waals surface area contributed by atoms with Crippen LogP contribution >= 0.6 is 15.9 Å². The van der Waals surface area contributed by atoms with Gasteiger partial charge in [-0.3, -0.25) is 0 Å². The van der Waals surface area contributed by atoms with Crippen molar-refractivity contribution in [1.29, 1.82) is 0 Å². The Labute approximate surface area is 126 Å². The van der Waals surface area contributed by atoms with Crippen LogP contribution in [0.4, 0.5) is 18.9 Å². The number of hydrogen-bond acceptors (Lipinski definition) is 1. The lowest BCUT2D eigenvalue weighted by Crippen LogP contribution is -2.29. The van der Waals surface area contributed by atoms with Crippen LogP contribution in [0.1, 0.15) is 44.6 Å². The van der Waals surface area contributed by atoms with Crippen molar-refractivity contribution < 1.29 is 13.2 Å². The van der Waals surface area contributed by atoms with Crippen molar-refractivity contribution in [3.8, 4) is 0 Å². The van der Waals surface area contributed by atoms with Crippen molar-refractivity contribution in [1.82, 2.24) is 0 Å². The van der Waals surface area contributed by atoms with E-state index in [9.17, 15) is 13.2 Å². The fraction of sp³-hybridized carbons (Fsp3) is 0.600. The summed E-state index contributed by atoms with van der Waals surface area (Å²) in [6.07, 6.45) is 1.41. The highest BCUT2D eigenvalue weighted by molar-refractivity contribution is 9.10. The lowest BCUT2D eigenvalue weighted by molar-refractivity contribution is -0.137. The molecular formula is C15H19BrF3N. The van der Waals surface area contributed by atoms with Gasteiger partial charge in [0.15, 0.2) is 0 Å². The number of rotatable bonds is 3. The molecule has 0 aromatic heterocycles. The van der Waals surface area contributed by atoms with Gasteiger partial charge in [-0.2, -0.15) is 13.2 Å². The lowest BCUT2D eigenvalue weighted by atomic mass is 9.75. The molecule has 0 amide bonds. The summed E-state index contributed by atoms with van der Waals surface area (Å²) in [6, 6.07) is 4.06. The highest BCUT2D eigenvalue weighted by atomic mass is 79.9. The maximum absolute atomic E-state index is 13.0. The first-order chi connectivity index (χ1) is 9.30. The Balaban J connectivity index is 2.14. The van der Waals surface area contributed by atoms with Gasteiger partial charge in [0.05, 0.1) is 5.56 Å². The molecule has 1 aliphatic rings. The molecule has 2 rings (SSSR count). The molecule has 0 spiro atoms. The van der Waals surface area contributed by atoms with Crippen molar-refractivity contribution in [3.05, 3.63) is 28.2 Å². The molecule has 1 aromatic carbocycles. The van der Waals surface area contributed by atoms with Crippen LogP contribution in [-0.4, -0.2) is 6.54 Å². The van der Waals surface area contributed by atoms with E-state index >= 15 is 0 Å². The van der Waals surface area contributed by atoms with E-state index in [0.717, 1.165) is 18.9 Å². The monoisotopic (exact) mass is 349 g/mol. The van der Waals surface area contributed by atoms with E-state index in [-0.39, 0.29) is 11.1 Å². The molecule has 1 aromatic rings. The maximum Gasteiger partial charge on any atom is 0.418 e. The van der Waals surface area contributed by atoms with Crippen molar-refractivity contribution in [3.63, 3.8) is 0 Å². The van der Waals surface area contributed by atoms with Gasteiger partial charge >= 0.3 is 6.18 Å². The smallest absolute Gasteiger partial charge is 0.384 e. The van der Waals surface area contributed by atoms with Gasteiger partial charge in [-0.1, -0.05) is 42.1 Å². The largest absolute Gasteiger partial charge is 0.418 e. The molecule has 0 aliphatic heterocycles. The van der Waals surface area contributed by atoms with Gasteiger partial charge in [0.2, 0.25) is 0 Å². The zero-order valence-electron chi connectivity index (χ0n) is 11.5. The minimum absolute atomic E-state index is 0.101. The average molecular weight is 350 g/mol. The minimum atomic E-state index is -4.32. The van der Waals surface area contributed by atoms with E-state index in [1.807, 2.05) is 0 Å². The Morgan fingerprint density at radius 3 is 2.45 bits per heavy atom. The Kier molecular flexibility index (Phi) is 4.67. The van der Waals surface area contributed by atoms with Crippen LogP contribution in [0.5, 0.6) is 0 Å². The fourth-order valence-electron chi connectivity index (χ4n) is 2.80. The summed E-state index contributed by atoms with van der Waals surface area (Å²) in [7, 11) is 0. The number of benzene rings is 1. The molecule has 0 radical (unpaired) electrons. The Bertz CT molecular complexity index is 465. The average Bonchev–Trinajstić information content (AvgIpc) is 2.36. The van der Waals surface area contributed by atoms with Crippen LogP contribution in [0.15, 0.2) is 22.7 Å². The fourth-order valence-corrected chi connectivity index (χ4v) is 3.16. The van der Waals surface area contributed by atoms with E-state index in [1.54, 1.807) is 0 Å². The van der Waals surface area contributed by atoms with Crippen molar-refractivity contribution in [2.75, 3.05) is 11.9 Å². The molecule has 0 bridgehead atoms. The second-order valence-corrected chi connectivity index (χ2v) is 6.83. The summed E-state index contributed by atoms with van der Waals surface area (Å²) in [6.45, 7) is 2.75. The van der Waals surface area contributed by atoms with E-state index in [4.69, 9.17) is 0 Å². The maximum atomic E-state index is 13.0. The number of hydrogen-bond donors (Lipinski definition) is 1. The molecule has 0 atom stereocenters. The Hall–Kier alpha value is -0.710. The van der Waals surface area contributed by atoms with Crippen LogP contribution in [0, 0.1) is 5.41 Å². The Morgan fingerprint density at radius 1 is 1.20 bits per heavy atom. The SMILES string of the molecule is CC1(CNc2cc(Br)ccc2C(F)(F)F)CCCCC1. The van der Waals surface area contributed by atoms with Crippen LogP contribution in [0.25, 0.3) is 0 Å². The van der Waals surface area contributed by atoms with E-state index in [0.29, 0.717) is 11.0 Å². The standard InChI is InChI=1S/C15H19BrF3N/c1-14(7-3-2-4-8-14)10-20-13-9-11(16)5-6-12(13)15(17,18)19/h5-6,9,20H,2-4,7-8,10H2,1H3.